The lowest BCUT2D eigenvalue weighted by Crippen LogP contribution is -2.57. The molecular weight excluding hydrogens is 597 g/mol. The molecule has 0 bridgehead atoms. The third-order valence-corrected chi connectivity index (χ3v) is 10.5. The first-order chi connectivity index (χ1) is 24.1. The summed E-state index contributed by atoms with van der Waals surface area (Å²) >= 11 is 0. The third-order valence-electron chi connectivity index (χ3n) is 10.5. The zero-order valence-corrected chi connectivity index (χ0v) is 27.4. The Morgan fingerprint density at radius 2 is 0.918 bits per heavy atom. The van der Waals surface area contributed by atoms with E-state index in [1.54, 1.807) is 0 Å². The van der Waals surface area contributed by atoms with Crippen molar-refractivity contribution < 1.29 is 9.47 Å². The number of hydrogen-bond acceptors (Lipinski definition) is 3. The zero-order chi connectivity index (χ0) is 32.7. The first kappa shape index (κ1) is 28.1. The molecule has 3 heterocycles. The van der Waals surface area contributed by atoms with Gasteiger partial charge in [0.25, 0.3) is 6.71 Å². The predicted molar refractivity (Wildman–Crippen MR) is 200 cm³/mol. The second kappa shape index (κ2) is 10.5. The molecule has 0 spiro atoms. The normalized spacial score (nSPS) is 14.3. The van der Waals surface area contributed by atoms with Gasteiger partial charge in [0.05, 0.1) is 22.5 Å². The fraction of sp³-hybridized carbons (Fsp3) is 0.0667. The second-order valence-corrected chi connectivity index (χ2v) is 13.4. The van der Waals surface area contributed by atoms with Crippen LogP contribution in [0, 0.1) is 13.8 Å². The summed E-state index contributed by atoms with van der Waals surface area (Å²) in [5.41, 5.74) is 13.4. The topological polar surface area (TPSA) is 21.7 Å². The number of hydrogen-bond donors (Lipinski definition) is 0. The van der Waals surface area contributed by atoms with Crippen LogP contribution in [0.25, 0.3) is 0 Å². The van der Waals surface area contributed by atoms with Crippen LogP contribution in [0.4, 0.5) is 17.1 Å². The van der Waals surface area contributed by atoms with Gasteiger partial charge in [0, 0.05) is 17.6 Å². The molecule has 0 radical (unpaired) electrons. The molecule has 0 fully saturated rings. The Hall–Kier alpha value is -6.00. The largest absolute Gasteiger partial charge is 0.458 e. The highest BCUT2D eigenvalue weighted by Crippen LogP contribution is 2.58. The summed E-state index contributed by atoms with van der Waals surface area (Å²) in [6.45, 7) is 4.27. The summed E-state index contributed by atoms with van der Waals surface area (Å²) in [6.07, 6.45) is 0. The van der Waals surface area contributed by atoms with Crippen LogP contribution in [-0.4, -0.2) is 6.71 Å². The van der Waals surface area contributed by atoms with E-state index in [2.05, 4.69) is 176 Å². The maximum absolute atomic E-state index is 6.82. The van der Waals surface area contributed by atoms with Crippen molar-refractivity contribution in [1.29, 1.82) is 0 Å². The van der Waals surface area contributed by atoms with Gasteiger partial charge in [0.15, 0.2) is 0 Å². The van der Waals surface area contributed by atoms with Gasteiger partial charge in [-0.15, -0.1) is 0 Å². The molecule has 4 heteroatoms. The number of fused-ring (bicyclic) bond motifs is 6. The van der Waals surface area contributed by atoms with Crippen LogP contribution in [-0.2, 0) is 5.41 Å². The highest BCUT2D eigenvalue weighted by Gasteiger charge is 2.47. The molecule has 3 aliphatic rings. The molecule has 3 aliphatic heterocycles. The minimum Gasteiger partial charge on any atom is -0.458 e. The Morgan fingerprint density at radius 1 is 0.469 bits per heavy atom. The fourth-order valence-electron chi connectivity index (χ4n) is 8.51. The Kier molecular flexibility index (Phi) is 6.01. The summed E-state index contributed by atoms with van der Waals surface area (Å²) in [5, 5.41) is 0. The lowest BCUT2D eigenvalue weighted by Gasteiger charge is -2.46. The zero-order valence-electron chi connectivity index (χ0n) is 27.4. The van der Waals surface area contributed by atoms with Crippen molar-refractivity contribution in [2.45, 2.75) is 19.3 Å². The number of rotatable bonds is 3. The molecule has 0 N–H and O–H groups in total. The van der Waals surface area contributed by atoms with E-state index in [-0.39, 0.29) is 6.71 Å². The van der Waals surface area contributed by atoms with Gasteiger partial charge < -0.3 is 14.4 Å². The molecule has 0 saturated heterocycles. The van der Waals surface area contributed by atoms with E-state index in [4.69, 9.17) is 9.47 Å². The number of benzene rings is 7. The Balaban J connectivity index is 1.25. The van der Waals surface area contributed by atoms with E-state index in [1.165, 1.54) is 44.3 Å². The van der Waals surface area contributed by atoms with Crippen LogP contribution in [0.5, 0.6) is 23.0 Å². The summed E-state index contributed by atoms with van der Waals surface area (Å²) in [5.74, 6) is 3.47. The molecule has 0 unspecified atom stereocenters. The van der Waals surface area contributed by atoms with Gasteiger partial charge in [-0.25, -0.2) is 0 Å². The van der Waals surface area contributed by atoms with Crippen molar-refractivity contribution in [3.05, 3.63) is 191 Å². The summed E-state index contributed by atoms with van der Waals surface area (Å²) < 4.78 is 13.6. The first-order valence-electron chi connectivity index (χ1n) is 17.0. The molecule has 7 aromatic carbocycles. The number of ether oxygens (including phenoxy) is 2. The van der Waals surface area contributed by atoms with Gasteiger partial charge in [-0.2, -0.15) is 0 Å². The quantitative estimate of drug-likeness (QED) is 0.182. The van der Waals surface area contributed by atoms with E-state index < -0.39 is 5.41 Å². The molecule has 10 rings (SSSR count). The van der Waals surface area contributed by atoms with Gasteiger partial charge in [-0.05, 0) is 82.4 Å². The summed E-state index contributed by atoms with van der Waals surface area (Å²) in [7, 11) is 0. The van der Waals surface area contributed by atoms with E-state index in [1.807, 2.05) is 0 Å². The van der Waals surface area contributed by atoms with Crippen LogP contribution in [0.15, 0.2) is 158 Å². The van der Waals surface area contributed by atoms with Crippen LogP contribution < -0.4 is 30.8 Å². The second-order valence-electron chi connectivity index (χ2n) is 13.4. The number of para-hydroxylation sites is 2. The predicted octanol–water partition coefficient (Wildman–Crippen LogP) is 9.20. The Labute approximate surface area is 287 Å². The summed E-state index contributed by atoms with van der Waals surface area (Å²) in [6, 6.07) is 57.1. The van der Waals surface area contributed by atoms with Crippen LogP contribution >= 0.6 is 0 Å². The van der Waals surface area contributed by atoms with Crippen molar-refractivity contribution in [2.24, 2.45) is 0 Å². The molecule has 0 amide bonds. The van der Waals surface area contributed by atoms with Gasteiger partial charge in [-0.1, -0.05) is 121 Å². The van der Waals surface area contributed by atoms with Crippen molar-refractivity contribution in [3.63, 3.8) is 0 Å². The minimum absolute atomic E-state index is 0.0255. The maximum atomic E-state index is 6.82. The molecule has 0 saturated carbocycles. The smallest absolute Gasteiger partial charge is 0.260 e. The van der Waals surface area contributed by atoms with Gasteiger partial charge in [0.2, 0.25) is 0 Å². The monoisotopic (exact) mass is 629 g/mol. The third kappa shape index (κ3) is 3.98. The van der Waals surface area contributed by atoms with Crippen molar-refractivity contribution in [1.82, 2.24) is 0 Å². The SMILES string of the molecule is Cc1ccc2c(c1)Oc1cc(N3c4ccccc4C(c4ccccc4)(c4ccccc4)c4ccccc43)cc3c1B2c1ccc(C)cc1O3. The number of anilines is 3. The van der Waals surface area contributed by atoms with Crippen molar-refractivity contribution in [2.75, 3.05) is 4.90 Å². The highest BCUT2D eigenvalue weighted by atomic mass is 16.5. The molecule has 49 heavy (non-hydrogen) atoms. The molecule has 7 aromatic rings. The first-order valence-corrected chi connectivity index (χ1v) is 17.0. The lowest BCUT2D eigenvalue weighted by molar-refractivity contribution is 0.464. The molecule has 0 aliphatic carbocycles. The average Bonchev–Trinajstić information content (AvgIpc) is 3.14. The Bertz CT molecular complexity index is 2270. The molecule has 0 aromatic heterocycles. The van der Waals surface area contributed by atoms with Crippen LogP contribution in [0.2, 0.25) is 0 Å². The molecule has 3 nitrogen and oxygen atoms in total. The van der Waals surface area contributed by atoms with Crippen LogP contribution in [0.1, 0.15) is 33.4 Å². The minimum atomic E-state index is -0.528. The average molecular weight is 630 g/mol. The van der Waals surface area contributed by atoms with E-state index in [0.717, 1.165) is 45.5 Å². The molecular formula is C45H32BNO2. The van der Waals surface area contributed by atoms with E-state index in [9.17, 15) is 0 Å². The van der Waals surface area contributed by atoms with E-state index in [0.29, 0.717) is 0 Å². The molecule has 0 atom stereocenters. The Morgan fingerprint density at radius 3 is 1.41 bits per heavy atom. The number of nitrogens with zero attached hydrogens (tertiary/aromatic N) is 1. The fourth-order valence-corrected chi connectivity index (χ4v) is 8.51. The summed E-state index contributed by atoms with van der Waals surface area (Å²) in [4.78, 5) is 2.39. The van der Waals surface area contributed by atoms with Crippen molar-refractivity contribution in [3.8, 4) is 23.0 Å². The number of aryl methyl sites for hydroxylation is 2. The maximum Gasteiger partial charge on any atom is 0.260 e. The van der Waals surface area contributed by atoms with Gasteiger partial charge >= 0.3 is 0 Å². The van der Waals surface area contributed by atoms with E-state index >= 15 is 0 Å². The van der Waals surface area contributed by atoms with Gasteiger partial charge in [0.1, 0.15) is 23.0 Å². The van der Waals surface area contributed by atoms with Crippen molar-refractivity contribution >= 4 is 40.2 Å². The van der Waals surface area contributed by atoms with Gasteiger partial charge in [-0.3, -0.25) is 0 Å². The highest BCUT2D eigenvalue weighted by molar-refractivity contribution is 6.98. The lowest BCUT2D eigenvalue weighted by atomic mass is 9.35. The molecule has 232 valence electrons. The standard InChI is InChI=1S/C45H32BNO2/c1-29-21-23-36-40(25-29)48-42-27-33(28-43-44(42)46(36)37-24-22-30(2)26-41(37)49-43)47-38-19-11-9-17-34(38)45(31-13-5-3-6-14-31,32-15-7-4-8-16-32)35-18-10-12-20-39(35)47/h3-28H,1-2H3. The van der Waals surface area contributed by atoms with Crippen LogP contribution in [0.3, 0.4) is 0 Å².